The van der Waals surface area contributed by atoms with Crippen LogP contribution in [0, 0.1) is 0 Å². The van der Waals surface area contributed by atoms with Gasteiger partial charge in [-0.3, -0.25) is 0 Å². The average Bonchev–Trinajstić information content (AvgIpc) is 2.75. The maximum atomic E-state index is 5.90. The highest BCUT2D eigenvalue weighted by Gasteiger charge is 2.24. The standard InChI is InChI=1S/C9H15BrN4/c1-2-13-4-3-7(6-13)14-9(11)8(10)5-12-14/h5,7H,2-4,6,11H2,1H3. The second-order valence-electron chi connectivity index (χ2n) is 3.66. The van der Waals surface area contributed by atoms with Crippen LogP contribution in [0.25, 0.3) is 0 Å². The fourth-order valence-corrected chi connectivity index (χ4v) is 2.21. The Hall–Kier alpha value is -0.550. The number of likely N-dealkylation sites (tertiary alicyclic amines) is 1. The molecule has 2 rings (SSSR count). The monoisotopic (exact) mass is 258 g/mol. The van der Waals surface area contributed by atoms with Crippen LogP contribution in [0.3, 0.4) is 0 Å². The maximum absolute atomic E-state index is 5.90. The minimum Gasteiger partial charge on any atom is -0.383 e. The first kappa shape index (κ1) is 9.98. The molecule has 1 aliphatic heterocycles. The number of hydrogen-bond acceptors (Lipinski definition) is 3. The largest absolute Gasteiger partial charge is 0.383 e. The van der Waals surface area contributed by atoms with E-state index in [1.165, 1.54) is 0 Å². The van der Waals surface area contributed by atoms with Crippen LogP contribution in [0.1, 0.15) is 19.4 Å². The molecular formula is C9H15BrN4. The SMILES string of the molecule is CCN1CCC(n2ncc(Br)c2N)C1. The van der Waals surface area contributed by atoms with Gasteiger partial charge in [0.15, 0.2) is 0 Å². The lowest BCUT2D eigenvalue weighted by Gasteiger charge is -2.14. The summed E-state index contributed by atoms with van der Waals surface area (Å²) >= 11 is 3.37. The van der Waals surface area contributed by atoms with Crippen LogP contribution in [-0.2, 0) is 0 Å². The number of nitrogen functional groups attached to an aromatic ring is 1. The van der Waals surface area contributed by atoms with Gasteiger partial charge in [0, 0.05) is 13.1 Å². The van der Waals surface area contributed by atoms with Crippen LogP contribution in [-0.4, -0.2) is 34.3 Å². The number of hydrogen-bond donors (Lipinski definition) is 1. The Bertz CT molecular complexity index is 323. The molecule has 1 fully saturated rings. The van der Waals surface area contributed by atoms with Gasteiger partial charge in [-0.1, -0.05) is 6.92 Å². The number of halogens is 1. The lowest BCUT2D eigenvalue weighted by Crippen LogP contribution is -2.21. The molecule has 5 heteroatoms. The van der Waals surface area contributed by atoms with E-state index in [1.54, 1.807) is 6.20 Å². The molecule has 4 nitrogen and oxygen atoms in total. The second-order valence-corrected chi connectivity index (χ2v) is 4.51. The highest BCUT2D eigenvalue weighted by atomic mass is 79.9. The van der Waals surface area contributed by atoms with Crippen LogP contribution in [0.4, 0.5) is 5.82 Å². The molecule has 0 radical (unpaired) electrons. The second kappa shape index (κ2) is 3.90. The van der Waals surface area contributed by atoms with E-state index >= 15 is 0 Å². The highest BCUT2D eigenvalue weighted by molar-refractivity contribution is 9.10. The van der Waals surface area contributed by atoms with Gasteiger partial charge in [0.25, 0.3) is 0 Å². The molecule has 0 aliphatic carbocycles. The third-order valence-electron chi connectivity index (χ3n) is 2.83. The molecule has 0 amide bonds. The van der Waals surface area contributed by atoms with Gasteiger partial charge < -0.3 is 10.6 Å². The third kappa shape index (κ3) is 1.66. The van der Waals surface area contributed by atoms with Crippen molar-refractivity contribution in [2.75, 3.05) is 25.4 Å². The van der Waals surface area contributed by atoms with Crippen molar-refractivity contribution in [2.24, 2.45) is 0 Å². The number of rotatable bonds is 2. The minimum atomic E-state index is 0.446. The summed E-state index contributed by atoms with van der Waals surface area (Å²) in [5, 5.41) is 4.28. The van der Waals surface area contributed by atoms with E-state index in [4.69, 9.17) is 5.73 Å². The molecule has 1 saturated heterocycles. The van der Waals surface area contributed by atoms with Gasteiger partial charge in [-0.15, -0.1) is 0 Å². The molecule has 1 atom stereocenters. The third-order valence-corrected chi connectivity index (χ3v) is 3.44. The first-order chi connectivity index (χ1) is 6.72. The molecule has 1 aromatic heterocycles. The van der Waals surface area contributed by atoms with Crippen LogP contribution < -0.4 is 5.73 Å². The Morgan fingerprint density at radius 2 is 2.50 bits per heavy atom. The molecule has 0 saturated carbocycles. The van der Waals surface area contributed by atoms with E-state index in [2.05, 4.69) is 32.9 Å². The van der Waals surface area contributed by atoms with E-state index in [0.717, 1.165) is 36.3 Å². The lowest BCUT2D eigenvalue weighted by molar-refractivity contribution is 0.336. The summed E-state index contributed by atoms with van der Waals surface area (Å²) in [6.07, 6.45) is 2.91. The number of aromatic nitrogens is 2. The van der Waals surface area contributed by atoms with Crippen molar-refractivity contribution in [2.45, 2.75) is 19.4 Å². The van der Waals surface area contributed by atoms with Crippen molar-refractivity contribution in [3.05, 3.63) is 10.7 Å². The fraction of sp³-hybridized carbons (Fsp3) is 0.667. The molecule has 1 aromatic rings. The maximum Gasteiger partial charge on any atom is 0.136 e. The molecule has 0 spiro atoms. The Morgan fingerprint density at radius 1 is 1.71 bits per heavy atom. The van der Waals surface area contributed by atoms with Crippen LogP contribution in [0.15, 0.2) is 10.7 Å². The van der Waals surface area contributed by atoms with Crippen molar-refractivity contribution in [3.63, 3.8) is 0 Å². The lowest BCUT2D eigenvalue weighted by atomic mass is 10.3. The smallest absolute Gasteiger partial charge is 0.136 e. The number of nitrogens with two attached hydrogens (primary N) is 1. The summed E-state index contributed by atoms with van der Waals surface area (Å²) < 4.78 is 2.83. The number of anilines is 1. The van der Waals surface area contributed by atoms with E-state index in [-0.39, 0.29) is 0 Å². The Labute approximate surface area is 92.2 Å². The zero-order chi connectivity index (χ0) is 10.1. The number of nitrogens with zero attached hydrogens (tertiary/aromatic N) is 3. The van der Waals surface area contributed by atoms with E-state index in [0.29, 0.717) is 6.04 Å². The first-order valence-corrected chi connectivity index (χ1v) is 5.72. The molecule has 2 heterocycles. The summed E-state index contributed by atoms with van der Waals surface area (Å²) in [6.45, 7) is 5.51. The Morgan fingerprint density at radius 3 is 3.00 bits per heavy atom. The van der Waals surface area contributed by atoms with Gasteiger partial charge in [-0.2, -0.15) is 5.10 Å². The van der Waals surface area contributed by atoms with Crippen LogP contribution >= 0.6 is 15.9 Å². The average molecular weight is 259 g/mol. The van der Waals surface area contributed by atoms with Crippen molar-refractivity contribution < 1.29 is 0 Å². The summed E-state index contributed by atoms with van der Waals surface area (Å²) in [5.41, 5.74) is 5.90. The van der Waals surface area contributed by atoms with Crippen molar-refractivity contribution in [1.82, 2.24) is 14.7 Å². The topological polar surface area (TPSA) is 47.1 Å². The minimum absolute atomic E-state index is 0.446. The summed E-state index contributed by atoms with van der Waals surface area (Å²) in [5.74, 6) is 0.743. The quantitative estimate of drug-likeness (QED) is 0.875. The normalized spacial score (nSPS) is 23.1. The van der Waals surface area contributed by atoms with Gasteiger partial charge in [0.05, 0.1) is 16.7 Å². The zero-order valence-electron chi connectivity index (χ0n) is 8.28. The van der Waals surface area contributed by atoms with Gasteiger partial charge in [0.1, 0.15) is 5.82 Å². The molecule has 14 heavy (non-hydrogen) atoms. The van der Waals surface area contributed by atoms with Gasteiger partial charge in [-0.05, 0) is 28.9 Å². The molecule has 2 N–H and O–H groups in total. The van der Waals surface area contributed by atoms with Crippen molar-refractivity contribution in [3.8, 4) is 0 Å². The number of likely N-dealkylation sites (N-methyl/N-ethyl adjacent to an activating group) is 1. The van der Waals surface area contributed by atoms with E-state index in [1.807, 2.05) is 4.68 Å². The summed E-state index contributed by atoms with van der Waals surface area (Å²) in [4.78, 5) is 2.42. The Kier molecular flexibility index (Phi) is 2.78. The fourth-order valence-electron chi connectivity index (χ4n) is 1.94. The van der Waals surface area contributed by atoms with Gasteiger partial charge in [-0.25, -0.2) is 4.68 Å². The molecule has 1 aliphatic rings. The van der Waals surface area contributed by atoms with E-state index in [9.17, 15) is 0 Å². The molecule has 0 bridgehead atoms. The van der Waals surface area contributed by atoms with Gasteiger partial charge >= 0.3 is 0 Å². The van der Waals surface area contributed by atoms with Gasteiger partial charge in [0.2, 0.25) is 0 Å². The predicted octanol–water partition coefficient (Wildman–Crippen LogP) is 1.49. The Balaban J connectivity index is 2.13. The van der Waals surface area contributed by atoms with E-state index < -0.39 is 0 Å². The molecular weight excluding hydrogens is 244 g/mol. The molecule has 78 valence electrons. The molecule has 0 aromatic carbocycles. The first-order valence-electron chi connectivity index (χ1n) is 4.93. The molecule has 1 unspecified atom stereocenters. The summed E-state index contributed by atoms with van der Waals surface area (Å²) in [7, 11) is 0. The van der Waals surface area contributed by atoms with Crippen molar-refractivity contribution >= 4 is 21.7 Å². The highest BCUT2D eigenvalue weighted by Crippen LogP contribution is 2.27. The zero-order valence-corrected chi connectivity index (χ0v) is 9.87. The predicted molar refractivity (Wildman–Crippen MR) is 60.1 cm³/mol. The summed E-state index contributed by atoms with van der Waals surface area (Å²) in [6, 6.07) is 0.446. The van der Waals surface area contributed by atoms with Crippen molar-refractivity contribution in [1.29, 1.82) is 0 Å². The van der Waals surface area contributed by atoms with Crippen LogP contribution in [0.5, 0.6) is 0 Å². The van der Waals surface area contributed by atoms with Crippen LogP contribution in [0.2, 0.25) is 0 Å².